The molecule has 0 spiro atoms. The zero-order valence-corrected chi connectivity index (χ0v) is 11.0. The smallest absolute Gasteiger partial charge is 0.203 e. The molecular formula is C15H12N2OS. The molecule has 2 heterocycles. The molecule has 0 atom stereocenters. The van der Waals surface area contributed by atoms with E-state index in [1.54, 1.807) is 17.5 Å². The molecule has 3 rings (SSSR count). The Labute approximate surface area is 115 Å². The van der Waals surface area contributed by atoms with Crippen LogP contribution in [0, 0.1) is 0 Å². The summed E-state index contributed by atoms with van der Waals surface area (Å²) in [4.78, 5) is 16.5. The van der Waals surface area contributed by atoms with Gasteiger partial charge in [-0.15, -0.1) is 11.3 Å². The summed E-state index contributed by atoms with van der Waals surface area (Å²) in [6.07, 6.45) is 3.87. The second-order valence-electron chi connectivity index (χ2n) is 4.16. The third-order valence-electron chi connectivity index (χ3n) is 2.84. The lowest BCUT2D eigenvalue weighted by atomic mass is 10.1. The van der Waals surface area contributed by atoms with Crippen molar-refractivity contribution in [1.82, 2.24) is 9.55 Å². The van der Waals surface area contributed by atoms with Gasteiger partial charge in [0.05, 0.1) is 0 Å². The van der Waals surface area contributed by atoms with Crippen LogP contribution in [0.4, 0.5) is 0 Å². The van der Waals surface area contributed by atoms with Gasteiger partial charge in [-0.25, -0.2) is 4.98 Å². The van der Waals surface area contributed by atoms with Gasteiger partial charge in [0.1, 0.15) is 5.00 Å². The van der Waals surface area contributed by atoms with E-state index in [1.165, 1.54) is 0 Å². The van der Waals surface area contributed by atoms with E-state index >= 15 is 0 Å². The number of aromatic nitrogens is 2. The van der Waals surface area contributed by atoms with Crippen molar-refractivity contribution >= 4 is 17.1 Å². The Morgan fingerprint density at radius 2 is 2.00 bits per heavy atom. The summed E-state index contributed by atoms with van der Waals surface area (Å²) in [5.41, 5.74) is 1.01. The summed E-state index contributed by atoms with van der Waals surface area (Å²) in [5.74, 6) is 0.524. The van der Waals surface area contributed by atoms with Crippen LogP contribution in [0.5, 0.6) is 0 Å². The molecule has 0 unspecified atom stereocenters. The fraction of sp³-hybridized carbons (Fsp3) is 0.0667. The average Bonchev–Trinajstić information content (AvgIpc) is 3.10. The van der Waals surface area contributed by atoms with Gasteiger partial charge < -0.3 is 0 Å². The molecule has 0 amide bonds. The zero-order valence-electron chi connectivity index (χ0n) is 10.2. The van der Waals surface area contributed by atoms with E-state index in [2.05, 4.69) is 4.98 Å². The molecule has 0 fully saturated rings. The number of nitrogens with zero attached hydrogens (tertiary/aromatic N) is 2. The molecule has 0 N–H and O–H groups in total. The molecule has 0 saturated carbocycles. The van der Waals surface area contributed by atoms with Crippen molar-refractivity contribution in [3.63, 3.8) is 0 Å². The molecule has 0 saturated heterocycles. The third-order valence-corrected chi connectivity index (χ3v) is 3.71. The monoisotopic (exact) mass is 268 g/mol. The van der Waals surface area contributed by atoms with Gasteiger partial charge in [-0.05, 0) is 23.1 Å². The number of benzene rings is 1. The van der Waals surface area contributed by atoms with E-state index in [0.29, 0.717) is 12.2 Å². The molecule has 94 valence electrons. The van der Waals surface area contributed by atoms with Crippen molar-refractivity contribution in [3.8, 4) is 5.00 Å². The van der Waals surface area contributed by atoms with E-state index in [-0.39, 0.29) is 5.78 Å². The maximum Gasteiger partial charge on any atom is 0.203 e. The molecule has 0 radical (unpaired) electrons. The Morgan fingerprint density at radius 1 is 1.16 bits per heavy atom. The minimum Gasteiger partial charge on any atom is -0.290 e. The second-order valence-corrected chi connectivity index (χ2v) is 5.08. The maximum atomic E-state index is 12.3. The molecule has 1 aromatic carbocycles. The quantitative estimate of drug-likeness (QED) is 0.680. The lowest BCUT2D eigenvalue weighted by molar-refractivity contribution is 0.0981. The van der Waals surface area contributed by atoms with E-state index < -0.39 is 0 Å². The van der Waals surface area contributed by atoms with Crippen LogP contribution in [0.3, 0.4) is 0 Å². The molecule has 19 heavy (non-hydrogen) atoms. The number of thiophene rings is 1. The number of imidazole rings is 1. The molecule has 0 aliphatic heterocycles. The lowest BCUT2D eigenvalue weighted by Gasteiger charge is -2.04. The highest BCUT2D eigenvalue weighted by atomic mass is 32.1. The van der Waals surface area contributed by atoms with Crippen LogP contribution in [0.1, 0.15) is 16.2 Å². The van der Waals surface area contributed by atoms with Crippen LogP contribution in [0.25, 0.3) is 5.00 Å². The minimum atomic E-state index is 0.0320. The van der Waals surface area contributed by atoms with Gasteiger partial charge in [0, 0.05) is 18.8 Å². The Kier molecular flexibility index (Phi) is 3.25. The summed E-state index contributed by atoms with van der Waals surface area (Å²) in [6.45, 7) is 0. The van der Waals surface area contributed by atoms with Crippen molar-refractivity contribution in [1.29, 1.82) is 0 Å². The first kappa shape index (κ1) is 11.9. The highest BCUT2D eigenvalue weighted by Crippen LogP contribution is 2.17. The first-order chi connectivity index (χ1) is 9.34. The van der Waals surface area contributed by atoms with Crippen molar-refractivity contribution in [2.45, 2.75) is 6.42 Å². The molecule has 3 aromatic rings. The van der Waals surface area contributed by atoms with Crippen LogP contribution < -0.4 is 0 Å². The van der Waals surface area contributed by atoms with Gasteiger partial charge in [0.25, 0.3) is 0 Å². The summed E-state index contributed by atoms with van der Waals surface area (Å²) in [7, 11) is 0. The maximum absolute atomic E-state index is 12.3. The normalized spacial score (nSPS) is 10.5. The fourth-order valence-electron chi connectivity index (χ4n) is 1.95. The van der Waals surface area contributed by atoms with E-state index in [1.807, 2.05) is 58.6 Å². The van der Waals surface area contributed by atoms with E-state index in [0.717, 1.165) is 10.6 Å². The van der Waals surface area contributed by atoms with Crippen LogP contribution in [0.15, 0.2) is 60.2 Å². The van der Waals surface area contributed by atoms with Gasteiger partial charge in [0.15, 0.2) is 5.82 Å². The summed E-state index contributed by atoms with van der Waals surface area (Å²) in [5, 5.41) is 3.00. The molecule has 4 heteroatoms. The summed E-state index contributed by atoms with van der Waals surface area (Å²) in [6, 6.07) is 13.7. The van der Waals surface area contributed by atoms with Gasteiger partial charge in [-0.3, -0.25) is 9.36 Å². The largest absolute Gasteiger partial charge is 0.290 e. The number of ketones is 1. The van der Waals surface area contributed by atoms with Gasteiger partial charge in [0.2, 0.25) is 5.78 Å². The van der Waals surface area contributed by atoms with Crippen LogP contribution in [-0.2, 0) is 6.42 Å². The standard InChI is InChI=1S/C15H12N2OS/c18-13(11-12-5-2-1-3-6-12)15-16-8-9-17(15)14-7-4-10-19-14/h1-10H,11H2. The SMILES string of the molecule is O=C(Cc1ccccc1)c1nccn1-c1cccs1. The lowest BCUT2D eigenvalue weighted by Crippen LogP contribution is -2.10. The first-order valence-electron chi connectivity index (χ1n) is 5.99. The molecule has 0 aliphatic rings. The summed E-state index contributed by atoms with van der Waals surface area (Å²) < 4.78 is 1.84. The number of Topliss-reactive ketones (excluding diaryl/α,β-unsaturated/α-hetero) is 1. The number of hydrogen-bond donors (Lipinski definition) is 0. The van der Waals surface area contributed by atoms with Gasteiger partial charge in [-0.1, -0.05) is 30.3 Å². The van der Waals surface area contributed by atoms with Crippen molar-refractivity contribution in [2.75, 3.05) is 0 Å². The Balaban J connectivity index is 1.87. The topological polar surface area (TPSA) is 34.9 Å². The predicted molar refractivity (Wildman–Crippen MR) is 75.9 cm³/mol. The minimum absolute atomic E-state index is 0.0320. The zero-order chi connectivity index (χ0) is 13.1. The van der Waals surface area contributed by atoms with E-state index in [4.69, 9.17) is 0 Å². The number of carbonyl (C=O) groups is 1. The Hall–Kier alpha value is -2.20. The average molecular weight is 268 g/mol. The number of carbonyl (C=O) groups excluding carboxylic acids is 1. The van der Waals surface area contributed by atoms with Crippen molar-refractivity contribution < 1.29 is 4.79 Å². The highest BCUT2D eigenvalue weighted by molar-refractivity contribution is 7.12. The van der Waals surface area contributed by atoms with E-state index in [9.17, 15) is 4.79 Å². The Bertz CT molecular complexity index is 671. The Morgan fingerprint density at radius 3 is 2.74 bits per heavy atom. The first-order valence-corrected chi connectivity index (χ1v) is 6.87. The molecule has 0 aliphatic carbocycles. The second kappa shape index (κ2) is 5.20. The van der Waals surface area contributed by atoms with Crippen molar-refractivity contribution in [3.05, 3.63) is 71.6 Å². The van der Waals surface area contributed by atoms with Crippen molar-refractivity contribution in [2.24, 2.45) is 0 Å². The van der Waals surface area contributed by atoms with Crippen LogP contribution in [-0.4, -0.2) is 15.3 Å². The van der Waals surface area contributed by atoms with Crippen LogP contribution >= 0.6 is 11.3 Å². The fourth-order valence-corrected chi connectivity index (χ4v) is 2.67. The molecule has 3 nitrogen and oxygen atoms in total. The van der Waals surface area contributed by atoms with Gasteiger partial charge in [-0.2, -0.15) is 0 Å². The third kappa shape index (κ3) is 2.48. The number of rotatable bonds is 4. The number of hydrogen-bond acceptors (Lipinski definition) is 3. The predicted octanol–water partition coefficient (Wildman–Crippen LogP) is 3.36. The highest BCUT2D eigenvalue weighted by Gasteiger charge is 2.14. The molecule has 0 bridgehead atoms. The van der Waals surface area contributed by atoms with Crippen LogP contribution in [0.2, 0.25) is 0 Å². The summed E-state index contributed by atoms with van der Waals surface area (Å²) >= 11 is 1.59. The van der Waals surface area contributed by atoms with Gasteiger partial charge >= 0.3 is 0 Å². The molecule has 2 aromatic heterocycles. The molecular weight excluding hydrogens is 256 g/mol.